The fourth-order valence-electron chi connectivity index (χ4n) is 1.53. The average molecular weight is 398 g/mol. The fourth-order valence-corrected chi connectivity index (χ4v) is 5.19. The zero-order valence-electron chi connectivity index (χ0n) is 10.8. The Morgan fingerprint density at radius 3 is 2.06 bits per heavy atom. The van der Waals surface area contributed by atoms with Crippen molar-refractivity contribution >= 4 is 41.7 Å². The summed E-state index contributed by atoms with van der Waals surface area (Å²) in [6.07, 6.45) is 0. The Hall–Kier alpha value is 0.130. The lowest BCUT2D eigenvalue weighted by atomic mass is 9.83. The van der Waals surface area contributed by atoms with Gasteiger partial charge < -0.3 is 0 Å². The molecule has 102 valence electrons. The maximum absolute atomic E-state index is 12.3. The molecule has 0 aliphatic rings. The Kier molecular flexibility index (Phi) is 5.44. The molecule has 0 amide bonds. The quantitative estimate of drug-likeness (QED) is 0.710. The molecule has 0 aromatic heterocycles. The van der Waals surface area contributed by atoms with E-state index in [1.165, 1.54) is 0 Å². The maximum atomic E-state index is 12.3. The highest BCUT2D eigenvalue weighted by molar-refractivity contribution is 9.10. The second-order valence-electron chi connectivity index (χ2n) is 5.45. The Morgan fingerprint density at radius 2 is 1.67 bits per heavy atom. The number of rotatable bonds is 4. The lowest BCUT2D eigenvalue weighted by Crippen LogP contribution is -2.29. The molecule has 0 aliphatic carbocycles. The molecule has 1 aromatic rings. The second-order valence-corrected chi connectivity index (χ2v) is 9.05. The molecule has 18 heavy (non-hydrogen) atoms. The van der Waals surface area contributed by atoms with E-state index in [2.05, 4.69) is 52.6 Å². The van der Waals surface area contributed by atoms with Crippen LogP contribution in [0.2, 0.25) is 0 Å². The van der Waals surface area contributed by atoms with Crippen LogP contribution >= 0.6 is 31.9 Å². The highest BCUT2D eigenvalue weighted by Crippen LogP contribution is 2.30. The van der Waals surface area contributed by atoms with Crippen molar-refractivity contribution in [3.05, 3.63) is 28.7 Å². The number of sulfone groups is 1. The summed E-state index contributed by atoms with van der Waals surface area (Å²) in [6.45, 7) is 6.20. The summed E-state index contributed by atoms with van der Waals surface area (Å²) in [5, 5.41) is 0.687. The number of alkyl halides is 1. The summed E-state index contributed by atoms with van der Waals surface area (Å²) in [7, 11) is -3.22. The largest absolute Gasteiger partial charge is 0.224 e. The minimum absolute atomic E-state index is 0.0358. The monoisotopic (exact) mass is 396 g/mol. The van der Waals surface area contributed by atoms with Crippen molar-refractivity contribution in [1.82, 2.24) is 0 Å². The van der Waals surface area contributed by atoms with Crippen molar-refractivity contribution in [3.63, 3.8) is 0 Å². The van der Waals surface area contributed by atoms with E-state index in [1.807, 2.05) is 0 Å². The molecule has 0 radical (unpaired) electrons. The molecular formula is C13H18Br2O2S. The second kappa shape index (κ2) is 6.06. The number of hydrogen-bond acceptors (Lipinski definition) is 2. The summed E-state index contributed by atoms with van der Waals surface area (Å²) in [6, 6.07) is 6.81. The Morgan fingerprint density at radius 1 is 1.17 bits per heavy atom. The van der Waals surface area contributed by atoms with E-state index in [-0.39, 0.29) is 17.1 Å². The van der Waals surface area contributed by atoms with Crippen LogP contribution in [0.3, 0.4) is 0 Å². The third-order valence-electron chi connectivity index (χ3n) is 3.00. The van der Waals surface area contributed by atoms with Gasteiger partial charge in [0.25, 0.3) is 0 Å². The molecule has 2 nitrogen and oxygen atoms in total. The van der Waals surface area contributed by atoms with Gasteiger partial charge in [-0.05, 0) is 35.6 Å². The smallest absolute Gasteiger partial charge is 0.178 e. The normalized spacial score (nSPS) is 14.5. The maximum Gasteiger partial charge on any atom is 0.178 e. The third kappa shape index (κ3) is 4.35. The molecule has 1 unspecified atom stereocenters. The van der Waals surface area contributed by atoms with Crippen molar-refractivity contribution < 1.29 is 8.42 Å². The van der Waals surface area contributed by atoms with Crippen molar-refractivity contribution in [2.75, 3.05) is 11.1 Å². The molecule has 0 saturated heterocycles. The summed E-state index contributed by atoms with van der Waals surface area (Å²) in [5.41, 5.74) is -0.0358. The molecule has 5 heteroatoms. The van der Waals surface area contributed by atoms with Crippen LogP contribution in [0.4, 0.5) is 0 Å². The van der Waals surface area contributed by atoms with Crippen LogP contribution in [0.5, 0.6) is 0 Å². The molecule has 1 aromatic carbocycles. The first kappa shape index (κ1) is 16.2. The average Bonchev–Trinajstić information content (AvgIpc) is 2.25. The highest BCUT2D eigenvalue weighted by Gasteiger charge is 2.29. The Balaban J connectivity index is 2.98. The molecule has 0 heterocycles. The van der Waals surface area contributed by atoms with Gasteiger partial charge in [0.15, 0.2) is 9.84 Å². The zero-order chi connectivity index (χ0) is 14.0. The van der Waals surface area contributed by atoms with Crippen molar-refractivity contribution in [3.8, 4) is 0 Å². The Labute approximate surface area is 126 Å². The van der Waals surface area contributed by atoms with E-state index in [4.69, 9.17) is 0 Å². The van der Waals surface area contributed by atoms with Crippen LogP contribution in [-0.4, -0.2) is 19.5 Å². The number of halogens is 2. The predicted octanol–water partition coefficient (Wildman–Crippen LogP) is 4.28. The number of benzene rings is 1. The standard InChI is InChI=1S/C13H18Br2O2S/c1-13(2,3)10(8-14)9-18(16,17)12-6-4-11(15)5-7-12/h4-7,10H,8-9H2,1-3H3. The van der Waals surface area contributed by atoms with Crippen LogP contribution < -0.4 is 0 Å². The summed E-state index contributed by atoms with van der Waals surface area (Å²) >= 11 is 6.72. The molecule has 0 fully saturated rings. The molecule has 1 rings (SSSR count). The van der Waals surface area contributed by atoms with E-state index in [0.717, 1.165) is 4.47 Å². The molecule has 0 aliphatic heterocycles. The molecule has 0 saturated carbocycles. The van der Waals surface area contributed by atoms with E-state index in [0.29, 0.717) is 10.2 Å². The van der Waals surface area contributed by atoms with Crippen LogP contribution in [0.1, 0.15) is 20.8 Å². The first-order chi connectivity index (χ1) is 8.16. The summed E-state index contributed by atoms with van der Waals surface area (Å²) in [5.74, 6) is 0.259. The SMILES string of the molecule is CC(C)(C)C(CBr)CS(=O)(=O)c1ccc(Br)cc1. The van der Waals surface area contributed by atoms with E-state index in [9.17, 15) is 8.42 Å². The van der Waals surface area contributed by atoms with Crippen LogP contribution in [0.25, 0.3) is 0 Å². The fraction of sp³-hybridized carbons (Fsp3) is 0.538. The van der Waals surface area contributed by atoms with Gasteiger partial charge in [-0.2, -0.15) is 0 Å². The molecule has 1 atom stereocenters. The lowest BCUT2D eigenvalue weighted by molar-refractivity contribution is 0.291. The Bertz CT molecular complexity index is 487. The minimum atomic E-state index is -3.22. The predicted molar refractivity (Wildman–Crippen MR) is 82.9 cm³/mol. The lowest BCUT2D eigenvalue weighted by Gasteiger charge is -2.28. The van der Waals surface area contributed by atoms with Gasteiger partial charge in [-0.3, -0.25) is 0 Å². The van der Waals surface area contributed by atoms with Gasteiger partial charge >= 0.3 is 0 Å². The van der Waals surface area contributed by atoms with Gasteiger partial charge in [0.05, 0.1) is 10.6 Å². The molecule has 0 N–H and O–H groups in total. The van der Waals surface area contributed by atoms with E-state index < -0.39 is 9.84 Å². The highest BCUT2D eigenvalue weighted by atomic mass is 79.9. The van der Waals surface area contributed by atoms with Gasteiger partial charge in [0, 0.05) is 9.80 Å². The molecular weight excluding hydrogens is 380 g/mol. The van der Waals surface area contributed by atoms with Crippen LogP contribution in [0, 0.1) is 11.3 Å². The van der Waals surface area contributed by atoms with Gasteiger partial charge in [-0.25, -0.2) is 8.42 Å². The first-order valence-corrected chi connectivity index (χ1v) is 9.28. The zero-order valence-corrected chi connectivity index (χ0v) is 14.8. The van der Waals surface area contributed by atoms with Crippen LogP contribution in [-0.2, 0) is 9.84 Å². The van der Waals surface area contributed by atoms with E-state index >= 15 is 0 Å². The van der Waals surface area contributed by atoms with Gasteiger partial charge in [-0.15, -0.1) is 0 Å². The van der Waals surface area contributed by atoms with Gasteiger partial charge in [0.2, 0.25) is 0 Å². The summed E-state index contributed by atoms with van der Waals surface area (Å²) < 4.78 is 25.5. The van der Waals surface area contributed by atoms with E-state index in [1.54, 1.807) is 24.3 Å². The minimum Gasteiger partial charge on any atom is -0.224 e. The molecule has 0 bridgehead atoms. The summed E-state index contributed by atoms with van der Waals surface area (Å²) in [4.78, 5) is 0.390. The van der Waals surface area contributed by atoms with Crippen molar-refractivity contribution in [2.45, 2.75) is 25.7 Å². The topological polar surface area (TPSA) is 34.1 Å². The van der Waals surface area contributed by atoms with Crippen molar-refractivity contribution in [2.24, 2.45) is 11.3 Å². The van der Waals surface area contributed by atoms with Crippen LogP contribution in [0.15, 0.2) is 33.6 Å². The first-order valence-electron chi connectivity index (χ1n) is 5.71. The third-order valence-corrected chi connectivity index (χ3v) is 6.15. The van der Waals surface area contributed by atoms with Gasteiger partial charge in [0.1, 0.15) is 0 Å². The van der Waals surface area contributed by atoms with Crippen molar-refractivity contribution in [1.29, 1.82) is 0 Å². The number of hydrogen-bond donors (Lipinski definition) is 0. The van der Waals surface area contributed by atoms with Gasteiger partial charge in [-0.1, -0.05) is 52.6 Å². The molecule has 0 spiro atoms.